The first-order chi connectivity index (χ1) is 9.34. The van der Waals surface area contributed by atoms with Gasteiger partial charge in [-0.1, -0.05) is 5.16 Å². The predicted molar refractivity (Wildman–Crippen MR) is 68.2 cm³/mol. The molecule has 0 spiro atoms. The van der Waals surface area contributed by atoms with E-state index in [4.69, 9.17) is 9.26 Å². The van der Waals surface area contributed by atoms with E-state index in [2.05, 4.69) is 10.5 Å². The molecule has 1 aromatic heterocycles. The molecule has 7 nitrogen and oxygen atoms in total. The van der Waals surface area contributed by atoms with E-state index in [1.807, 2.05) is 0 Å². The molecule has 0 bridgehead atoms. The molecule has 0 aromatic carbocycles. The van der Waals surface area contributed by atoms with Crippen LogP contribution in [-0.2, 0) is 20.7 Å². The van der Waals surface area contributed by atoms with Gasteiger partial charge in [0.05, 0.1) is 31.4 Å². The van der Waals surface area contributed by atoms with Crippen molar-refractivity contribution >= 4 is 11.9 Å². The number of carboxylic acid groups (broad SMARTS) is 1. The van der Waals surface area contributed by atoms with Gasteiger partial charge in [-0.15, -0.1) is 0 Å². The normalized spacial score (nSPS) is 25.6. The second kappa shape index (κ2) is 5.24. The van der Waals surface area contributed by atoms with Gasteiger partial charge in [0, 0.05) is 5.56 Å². The van der Waals surface area contributed by atoms with Gasteiger partial charge < -0.3 is 19.7 Å². The molecule has 1 fully saturated rings. The molecule has 1 amide bonds. The standard InChI is InChI=1S/C13H18N2O5/c1-7-9(8(2)20-15-7)4-11(16)14-10-5-19-6-13(10,3)12(17)18/h10H,4-6H2,1-3H3,(H,14,16)(H,17,18). The number of rotatable bonds is 4. The van der Waals surface area contributed by atoms with Gasteiger partial charge in [-0.3, -0.25) is 9.59 Å². The fourth-order valence-corrected chi connectivity index (χ4v) is 2.25. The molecule has 2 N–H and O–H groups in total. The minimum absolute atomic E-state index is 0.0958. The van der Waals surface area contributed by atoms with Gasteiger partial charge in [0.15, 0.2) is 0 Å². The van der Waals surface area contributed by atoms with Gasteiger partial charge in [-0.05, 0) is 20.8 Å². The highest BCUT2D eigenvalue weighted by Gasteiger charge is 2.47. The Balaban J connectivity index is 2.03. The third-order valence-electron chi connectivity index (χ3n) is 3.80. The summed E-state index contributed by atoms with van der Waals surface area (Å²) >= 11 is 0. The summed E-state index contributed by atoms with van der Waals surface area (Å²) in [6.45, 7) is 5.37. The summed E-state index contributed by atoms with van der Waals surface area (Å²) < 4.78 is 10.2. The highest BCUT2D eigenvalue weighted by molar-refractivity contribution is 5.82. The monoisotopic (exact) mass is 282 g/mol. The van der Waals surface area contributed by atoms with Crippen molar-refractivity contribution in [3.8, 4) is 0 Å². The Kier molecular flexibility index (Phi) is 3.80. The van der Waals surface area contributed by atoms with Crippen molar-refractivity contribution in [3.05, 3.63) is 17.0 Å². The van der Waals surface area contributed by atoms with Crippen LogP contribution < -0.4 is 5.32 Å². The van der Waals surface area contributed by atoms with Gasteiger partial charge in [0.2, 0.25) is 5.91 Å². The topological polar surface area (TPSA) is 102 Å². The van der Waals surface area contributed by atoms with Crippen LogP contribution >= 0.6 is 0 Å². The lowest BCUT2D eigenvalue weighted by atomic mass is 9.85. The van der Waals surface area contributed by atoms with E-state index >= 15 is 0 Å². The minimum atomic E-state index is -1.09. The van der Waals surface area contributed by atoms with Crippen LogP contribution in [0.15, 0.2) is 4.52 Å². The molecule has 1 aliphatic rings. The quantitative estimate of drug-likeness (QED) is 0.831. The SMILES string of the molecule is Cc1noc(C)c1CC(=O)NC1COCC1(C)C(=O)O. The van der Waals surface area contributed by atoms with Gasteiger partial charge >= 0.3 is 5.97 Å². The number of carbonyl (C=O) groups is 2. The third-order valence-corrected chi connectivity index (χ3v) is 3.80. The zero-order valence-electron chi connectivity index (χ0n) is 11.7. The number of carbonyl (C=O) groups excluding carboxylic acids is 1. The van der Waals surface area contributed by atoms with Crippen LogP contribution in [0.1, 0.15) is 23.9 Å². The van der Waals surface area contributed by atoms with E-state index in [1.54, 1.807) is 20.8 Å². The lowest BCUT2D eigenvalue weighted by molar-refractivity contribution is -0.149. The van der Waals surface area contributed by atoms with Crippen molar-refractivity contribution in [2.45, 2.75) is 33.2 Å². The highest BCUT2D eigenvalue weighted by Crippen LogP contribution is 2.28. The predicted octanol–water partition coefficient (Wildman–Crippen LogP) is 0.440. The van der Waals surface area contributed by atoms with E-state index in [1.165, 1.54) is 0 Å². The Morgan fingerprint density at radius 3 is 2.75 bits per heavy atom. The summed E-state index contributed by atoms with van der Waals surface area (Å²) in [5.41, 5.74) is 0.314. The Labute approximate surface area is 116 Å². The molecule has 2 atom stereocenters. The fourth-order valence-electron chi connectivity index (χ4n) is 2.25. The molecular formula is C13H18N2O5. The number of nitrogens with one attached hydrogen (secondary N) is 1. The van der Waals surface area contributed by atoms with Crippen LogP contribution in [0.3, 0.4) is 0 Å². The average molecular weight is 282 g/mol. The Morgan fingerprint density at radius 2 is 2.20 bits per heavy atom. The molecule has 7 heteroatoms. The maximum Gasteiger partial charge on any atom is 0.313 e. The van der Waals surface area contributed by atoms with Crippen molar-refractivity contribution in [1.29, 1.82) is 0 Å². The Hall–Kier alpha value is -1.89. The van der Waals surface area contributed by atoms with E-state index in [-0.39, 0.29) is 25.5 Å². The molecule has 0 aliphatic carbocycles. The van der Waals surface area contributed by atoms with Crippen LogP contribution in [-0.4, -0.2) is 41.4 Å². The average Bonchev–Trinajstić information content (AvgIpc) is 2.88. The van der Waals surface area contributed by atoms with E-state index in [0.717, 1.165) is 5.56 Å². The largest absolute Gasteiger partial charge is 0.481 e. The van der Waals surface area contributed by atoms with Crippen LogP contribution in [0, 0.1) is 19.3 Å². The second-order valence-corrected chi connectivity index (χ2v) is 5.34. The molecule has 1 saturated heterocycles. The number of ether oxygens (including phenoxy) is 1. The van der Waals surface area contributed by atoms with Crippen molar-refractivity contribution in [2.75, 3.05) is 13.2 Å². The first kappa shape index (κ1) is 14.5. The van der Waals surface area contributed by atoms with Crippen molar-refractivity contribution in [3.63, 3.8) is 0 Å². The van der Waals surface area contributed by atoms with Gasteiger partial charge in [-0.2, -0.15) is 0 Å². The number of hydrogen-bond donors (Lipinski definition) is 2. The summed E-state index contributed by atoms with van der Waals surface area (Å²) in [7, 11) is 0. The maximum absolute atomic E-state index is 12.1. The first-order valence-corrected chi connectivity index (χ1v) is 6.37. The molecule has 20 heavy (non-hydrogen) atoms. The van der Waals surface area contributed by atoms with Crippen LogP contribution in [0.2, 0.25) is 0 Å². The highest BCUT2D eigenvalue weighted by atomic mass is 16.5. The number of amides is 1. The first-order valence-electron chi connectivity index (χ1n) is 6.37. The van der Waals surface area contributed by atoms with E-state index < -0.39 is 17.4 Å². The number of nitrogens with zero attached hydrogens (tertiary/aromatic N) is 1. The smallest absolute Gasteiger partial charge is 0.313 e. The molecule has 2 unspecified atom stereocenters. The van der Waals surface area contributed by atoms with Gasteiger partial charge in [-0.25, -0.2) is 0 Å². The number of aromatic nitrogens is 1. The van der Waals surface area contributed by atoms with Crippen molar-refractivity contribution in [1.82, 2.24) is 10.5 Å². The molecular weight excluding hydrogens is 264 g/mol. The maximum atomic E-state index is 12.1. The summed E-state index contributed by atoms with van der Waals surface area (Å²) in [5.74, 6) is -0.638. The zero-order chi connectivity index (χ0) is 14.9. The number of aliphatic carboxylic acids is 1. The van der Waals surface area contributed by atoms with Crippen LogP contribution in [0.5, 0.6) is 0 Å². The molecule has 2 heterocycles. The summed E-state index contributed by atoms with van der Waals surface area (Å²) in [6, 6.07) is -0.534. The zero-order valence-corrected chi connectivity index (χ0v) is 11.7. The molecule has 1 aromatic rings. The van der Waals surface area contributed by atoms with Crippen LogP contribution in [0.4, 0.5) is 0 Å². The van der Waals surface area contributed by atoms with Crippen molar-refractivity contribution < 1.29 is 24.0 Å². The molecule has 0 radical (unpaired) electrons. The lowest BCUT2D eigenvalue weighted by Gasteiger charge is -2.25. The Morgan fingerprint density at radius 1 is 1.50 bits per heavy atom. The van der Waals surface area contributed by atoms with Gasteiger partial charge in [0.1, 0.15) is 11.2 Å². The van der Waals surface area contributed by atoms with E-state index in [0.29, 0.717) is 11.5 Å². The molecule has 1 aliphatic heterocycles. The van der Waals surface area contributed by atoms with Crippen LogP contribution in [0.25, 0.3) is 0 Å². The number of hydrogen-bond acceptors (Lipinski definition) is 5. The third kappa shape index (κ3) is 2.53. The number of carboxylic acids is 1. The molecule has 0 saturated carbocycles. The second-order valence-electron chi connectivity index (χ2n) is 5.34. The summed E-state index contributed by atoms with van der Waals surface area (Å²) in [6.07, 6.45) is 0.118. The number of aryl methyl sites for hydroxylation is 2. The van der Waals surface area contributed by atoms with Gasteiger partial charge in [0.25, 0.3) is 0 Å². The summed E-state index contributed by atoms with van der Waals surface area (Å²) in [5, 5.41) is 15.8. The molecule has 2 rings (SSSR count). The lowest BCUT2D eigenvalue weighted by Crippen LogP contribution is -2.50. The molecule has 110 valence electrons. The van der Waals surface area contributed by atoms with E-state index in [9.17, 15) is 14.7 Å². The van der Waals surface area contributed by atoms with Crippen molar-refractivity contribution in [2.24, 2.45) is 5.41 Å². The summed E-state index contributed by atoms with van der Waals surface area (Å²) in [4.78, 5) is 23.3. The minimum Gasteiger partial charge on any atom is -0.481 e. The Bertz CT molecular complexity index is 519. The fraction of sp³-hybridized carbons (Fsp3) is 0.615.